The van der Waals surface area contributed by atoms with Crippen LogP contribution < -0.4 is 5.32 Å². The van der Waals surface area contributed by atoms with E-state index < -0.39 is 0 Å². The van der Waals surface area contributed by atoms with Gasteiger partial charge in [-0.2, -0.15) is 5.10 Å². The van der Waals surface area contributed by atoms with Gasteiger partial charge in [0.2, 0.25) is 5.91 Å². The summed E-state index contributed by atoms with van der Waals surface area (Å²) >= 11 is 0. The lowest BCUT2D eigenvalue weighted by Gasteiger charge is -2.18. The topological polar surface area (TPSA) is 67.2 Å². The predicted octanol–water partition coefficient (Wildman–Crippen LogP) is 4.62. The average Bonchev–Trinajstić information content (AvgIpc) is 3.07. The van der Waals surface area contributed by atoms with Crippen LogP contribution in [0.15, 0.2) is 60.7 Å². The van der Waals surface area contributed by atoms with Crippen molar-refractivity contribution >= 4 is 23.6 Å². The zero-order chi connectivity index (χ0) is 22.4. The van der Waals surface area contributed by atoms with Crippen LogP contribution in [0.5, 0.6) is 0 Å². The van der Waals surface area contributed by atoms with Gasteiger partial charge in [0.25, 0.3) is 5.91 Å². The number of nitrogens with one attached hydrogen (secondary N) is 1. The van der Waals surface area contributed by atoms with E-state index in [1.165, 1.54) is 6.08 Å². The Balaban J connectivity index is 1.74. The highest BCUT2D eigenvalue weighted by Crippen LogP contribution is 2.19. The van der Waals surface area contributed by atoms with E-state index in [1.807, 2.05) is 62.7 Å². The molecule has 1 N–H and O–H groups in total. The third kappa shape index (κ3) is 5.09. The number of aromatic nitrogens is 2. The summed E-state index contributed by atoms with van der Waals surface area (Å²) in [5, 5.41) is 7.43. The molecule has 1 heterocycles. The Bertz CT molecular complexity index is 1100. The van der Waals surface area contributed by atoms with Crippen molar-refractivity contribution in [2.45, 2.75) is 27.7 Å². The van der Waals surface area contributed by atoms with Gasteiger partial charge >= 0.3 is 0 Å². The van der Waals surface area contributed by atoms with E-state index in [1.54, 1.807) is 35.2 Å². The van der Waals surface area contributed by atoms with Crippen LogP contribution in [0, 0.1) is 13.8 Å². The van der Waals surface area contributed by atoms with Crippen LogP contribution in [-0.2, 0) is 4.79 Å². The Morgan fingerprint density at radius 2 is 1.74 bits per heavy atom. The third-order valence-corrected chi connectivity index (χ3v) is 5.18. The Morgan fingerprint density at radius 1 is 1.03 bits per heavy atom. The Kier molecular flexibility index (Phi) is 7.03. The summed E-state index contributed by atoms with van der Waals surface area (Å²) in [6.45, 7) is 9.08. The summed E-state index contributed by atoms with van der Waals surface area (Å²) in [5.74, 6) is -0.310. The molecule has 0 atom stereocenters. The minimum absolute atomic E-state index is 0.0452. The van der Waals surface area contributed by atoms with Crippen molar-refractivity contribution in [3.63, 3.8) is 0 Å². The first-order valence-corrected chi connectivity index (χ1v) is 10.4. The molecule has 2 amide bonds. The molecule has 3 aromatic rings. The van der Waals surface area contributed by atoms with Gasteiger partial charge < -0.3 is 10.2 Å². The van der Waals surface area contributed by atoms with E-state index >= 15 is 0 Å². The molecule has 1 aromatic heterocycles. The maximum atomic E-state index is 12.5. The van der Waals surface area contributed by atoms with Gasteiger partial charge in [-0.25, -0.2) is 4.68 Å². The lowest BCUT2D eigenvalue weighted by molar-refractivity contribution is -0.111. The van der Waals surface area contributed by atoms with Gasteiger partial charge in [-0.3, -0.25) is 9.59 Å². The molecule has 6 nitrogen and oxygen atoms in total. The number of amides is 2. The maximum absolute atomic E-state index is 12.5. The van der Waals surface area contributed by atoms with Crippen molar-refractivity contribution in [1.29, 1.82) is 0 Å². The Morgan fingerprint density at radius 3 is 2.42 bits per heavy atom. The first-order chi connectivity index (χ1) is 14.9. The normalized spacial score (nSPS) is 11.0. The summed E-state index contributed by atoms with van der Waals surface area (Å²) in [6.07, 6.45) is 3.27. The molecule has 0 unspecified atom stereocenters. The molecule has 0 bridgehead atoms. The molecule has 0 aliphatic carbocycles. The SMILES string of the molecule is CCN(CC)C(=O)c1cccc(NC(=O)C=Cc2c(C)nn(-c3ccccc3)c2C)c1. The number of hydrogen-bond acceptors (Lipinski definition) is 3. The Labute approximate surface area is 183 Å². The Hall–Kier alpha value is -3.67. The quantitative estimate of drug-likeness (QED) is 0.572. The van der Waals surface area contributed by atoms with Crippen LogP contribution in [0.1, 0.15) is 41.2 Å². The predicted molar refractivity (Wildman–Crippen MR) is 124 cm³/mol. The first-order valence-electron chi connectivity index (χ1n) is 10.4. The van der Waals surface area contributed by atoms with Crippen LogP contribution >= 0.6 is 0 Å². The summed E-state index contributed by atoms with van der Waals surface area (Å²) in [4.78, 5) is 26.8. The molecule has 0 saturated heterocycles. The van der Waals surface area contributed by atoms with Gasteiger partial charge in [0, 0.05) is 41.7 Å². The molecule has 2 aromatic carbocycles. The zero-order valence-corrected chi connectivity index (χ0v) is 18.4. The number of hydrogen-bond donors (Lipinski definition) is 1. The molecule has 0 saturated carbocycles. The lowest BCUT2D eigenvalue weighted by atomic mass is 10.1. The molecule has 31 heavy (non-hydrogen) atoms. The van der Waals surface area contributed by atoms with Crippen molar-refractivity contribution in [2.75, 3.05) is 18.4 Å². The van der Waals surface area contributed by atoms with Gasteiger partial charge in [0.1, 0.15) is 0 Å². The second-order valence-electron chi connectivity index (χ2n) is 7.21. The lowest BCUT2D eigenvalue weighted by Crippen LogP contribution is -2.30. The molecule has 0 fully saturated rings. The number of carbonyl (C=O) groups is 2. The van der Waals surface area contributed by atoms with E-state index in [9.17, 15) is 9.59 Å². The van der Waals surface area contributed by atoms with Gasteiger partial charge in [0.05, 0.1) is 11.4 Å². The molecular formula is C25H28N4O2. The van der Waals surface area contributed by atoms with Crippen molar-refractivity contribution in [2.24, 2.45) is 0 Å². The number of rotatable bonds is 7. The highest BCUT2D eigenvalue weighted by atomic mass is 16.2. The fourth-order valence-electron chi connectivity index (χ4n) is 3.48. The second kappa shape index (κ2) is 9.89. The largest absolute Gasteiger partial charge is 0.339 e. The summed E-state index contributed by atoms with van der Waals surface area (Å²) in [6, 6.07) is 16.9. The fraction of sp³-hybridized carbons (Fsp3) is 0.240. The number of para-hydroxylation sites is 1. The summed E-state index contributed by atoms with van der Waals surface area (Å²) in [7, 11) is 0. The van der Waals surface area contributed by atoms with Crippen LogP contribution in [0.2, 0.25) is 0 Å². The van der Waals surface area contributed by atoms with Crippen molar-refractivity contribution in [1.82, 2.24) is 14.7 Å². The minimum atomic E-state index is -0.265. The van der Waals surface area contributed by atoms with E-state index in [0.29, 0.717) is 24.3 Å². The highest BCUT2D eigenvalue weighted by molar-refractivity contribution is 6.03. The van der Waals surface area contributed by atoms with Crippen molar-refractivity contribution in [3.8, 4) is 5.69 Å². The second-order valence-corrected chi connectivity index (χ2v) is 7.21. The van der Waals surface area contributed by atoms with Gasteiger partial charge in [-0.05, 0) is 64.1 Å². The molecule has 160 valence electrons. The smallest absolute Gasteiger partial charge is 0.253 e. The van der Waals surface area contributed by atoms with Crippen LogP contribution in [0.4, 0.5) is 5.69 Å². The number of nitrogens with zero attached hydrogens (tertiary/aromatic N) is 3. The standard InChI is InChI=1S/C25H28N4O2/c1-5-28(6-2)25(31)20-11-10-12-21(17-20)26-24(30)16-15-23-18(3)27-29(19(23)4)22-13-8-7-9-14-22/h7-17H,5-6H2,1-4H3,(H,26,30). The molecular weight excluding hydrogens is 388 g/mol. The van der Waals surface area contributed by atoms with E-state index in [4.69, 9.17) is 0 Å². The summed E-state index contributed by atoms with van der Waals surface area (Å²) < 4.78 is 1.87. The van der Waals surface area contributed by atoms with Crippen molar-refractivity contribution in [3.05, 3.63) is 83.2 Å². The van der Waals surface area contributed by atoms with Crippen molar-refractivity contribution < 1.29 is 9.59 Å². The first kappa shape index (κ1) is 22.0. The zero-order valence-electron chi connectivity index (χ0n) is 18.4. The summed E-state index contributed by atoms with van der Waals surface area (Å²) in [5.41, 5.74) is 4.82. The molecule has 3 rings (SSSR count). The van der Waals surface area contributed by atoms with Gasteiger partial charge in [-0.1, -0.05) is 24.3 Å². The molecule has 0 radical (unpaired) electrons. The van der Waals surface area contributed by atoms with E-state index in [2.05, 4.69) is 10.4 Å². The number of benzene rings is 2. The minimum Gasteiger partial charge on any atom is -0.339 e. The van der Waals surface area contributed by atoms with Gasteiger partial charge in [0.15, 0.2) is 0 Å². The maximum Gasteiger partial charge on any atom is 0.253 e. The molecule has 0 aliphatic heterocycles. The van der Waals surface area contributed by atoms with Crippen LogP contribution in [-0.4, -0.2) is 39.6 Å². The fourth-order valence-corrected chi connectivity index (χ4v) is 3.48. The number of carbonyl (C=O) groups excluding carboxylic acids is 2. The number of anilines is 1. The highest BCUT2D eigenvalue weighted by Gasteiger charge is 2.13. The van der Waals surface area contributed by atoms with Gasteiger partial charge in [-0.15, -0.1) is 0 Å². The molecule has 6 heteroatoms. The third-order valence-electron chi connectivity index (χ3n) is 5.18. The van der Waals surface area contributed by atoms with Crippen LogP contribution in [0.25, 0.3) is 11.8 Å². The van der Waals surface area contributed by atoms with E-state index in [0.717, 1.165) is 22.6 Å². The molecule has 0 aliphatic rings. The molecule has 0 spiro atoms. The van der Waals surface area contributed by atoms with E-state index in [-0.39, 0.29) is 11.8 Å². The monoisotopic (exact) mass is 416 g/mol. The average molecular weight is 417 g/mol. The number of aryl methyl sites for hydroxylation is 1. The van der Waals surface area contributed by atoms with Crippen LogP contribution in [0.3, 0.4) is 0 Å².